The van der Waals surface area contributed by atoms with Crippen LogP contribution in [0.2, 0.25) is 0 Å². The highest BCUT2D eigenvalue weighted by atomic mass is 32.2. The average molecular weight is 429 g/mol. The van der Waals surface area contributed by atoms with E-state index in [1.807, 2.05) is 32.0 Å². The van der Waals surface area contributed by atoms with Gasteiger partial charge in [-0.05, 0) is 35.9 Å². The minimum Gasteiger partial charge on any atom is -0.486 e. The summed E-state index contributed by atoms with van der Waals surface area (Å²) < 4.78 is 37.9. The lowest BCUT2D eigenvalue weighted by atomic mass is 9.84. The van der Waals surface area contributed by atoms with E-state index in [0.29, 0.717) is 31.3 Å². The molecular formula is C22H24N2O5S. The lowest BCUT2D eigenvalue weighted by Crippen LogP contribution is -2.37. The third kappa shape index (κ3) is 4.93. The molecule has 3 rings (SSSR count). The van der Waals surface area contributed by atoms with Gasteiger partial charge in [-0.2, -0.15) is 4.72 Å². The fraction of sp³-hybridized carbons (Fsp3) is 0.318. The Morgan fingerprint density at radius 2 is 1.87 bits per heavy atom. The van der Waals surface area contributed by atoms with Crippen LogP contribution in [0.3, 0.4) is 0 Å². The van der Waals surface area contributed by atoms with Gasteiger partial charge in [0.15, 0.2) is 11.5 Å². The zero-order chi connectivity index (χ0) is 21.8. The molecule has 0 atom stereocenters. The summed E-state index contributed by atoms with van der Waals surface area (Å²) in [4.78, 5) is 12.6. The molecule has 0 aliphatic carbocycles. The van der Waals surface area contributed by atoms with E-state index in [4.69, 9.17) is 15.9 Å². The van der Waals surface area contributed by atoms with Crippen molar-refractivity contribution in [3.8, 4) is 23.8 Å². The number of carbonyl (C=O) groups is 1. The van der Waals surface area contributed by atoms with Crippen LogP contribution in [0.15, 0.2) is 47.4 Å². The second-order valence-electron chi connectivity index (χ2n) is 7.48. The molecule has 0 saturated heterocycles. The molecule has 1 aliphatic rings. The number of hydrogen-bond acceptors (Lipinski definition) is 5. The molecule has 0 aromatic heterocycles. The molecule has 30 heavy (non-hydrogen) atoms. The van der Waals surface area contributed by atoms with E-state index in [1.54, 1.807) is 6.07 Å². The first kappa shape index (κ1) is 21.7. The summed E-state index contributed by atoms with van der Waals surface area (Å²) in [5.41, 5.74) is 0.849. The Morgan fingerprint density at radius 1 is 1.13 bits per heavy atom. The summed E-state index contributed by atoms with van der Waals surface area (Å²) in [5.74, 6) is 3.25. The third-order valence-corrected chi connectivity index (χ3v) is 6.18. The SMILES string of the molecule is C#CCNS(=O)(=O)c1cccc(C(=O)NCC(C)(C)c2ccc3c(c2)OCCO3)c1. The fourth-order valence-electron chi connectivity index (χ4n) is 2.99. The molecule has 7 nitrogen and oxygen atoms in total. The lowest BCUT2D eigenvalue weighted by Gasteiger charge is -2.28. The van der Waals surface area contributed by atoms with Gasteiger partial charge in [-0.15, -0.1) is 6.42 Å². The van der Waals surface area contributed by atoms with Crippen LogP contribution >= 0.6 is 0 Å². The maximum atomic E-state index is 12.6. The Labute approximate surface area is 176 Å². The Balaban J connectivity index is 1.71. The number of fused-ring (bicyclic) bond motifs is 1. The summed E-state index contributed by atoms with van der Waals surface area (Å²) in [6, 6.07) is 11.6. The number of benzene rings is 2. The summed E-state index contributed by atoms with van der Waals surface area (Å²) in [6.45, 7) is 5.26. The molecule has 1 aliphatic heterocycles. The van der Waals surface area contributed by atoms with E-state index < -0.39 is 10.0 Å². The van der Waals surface area contributed by atoms with Crippen molar-refractivity contribution in [2.45, 2.75) is 24.2 Å². The molecule has 0 radical (unpaired) electrons. The maximum Gasteiger partial charge on any atom is 0.251 e. The molecule has 2 aromatic rings. The zero-order valence-corrected chi connectivity index (χ0v) is 17.7. The molecule has 1 amide bonds. The van der Waals surface area contributed by atoms with Crippen LogP contribution in [0.1, 0.15) is 29.8 Å². The molecule has 0 bridgehead atoms. The quantitative estimate of drug-likeness (QED) is 0.659. The smallest absolute Gasteiger partial charge is 0.251 e. The number of rotatable bonds is 7. The topological polar surface area (TPSA) is 93.7 Å². The highest BCUT2D eigenvalue weighted by Crippen LogP contribution is 2.34. The van der Waals surface area contributed by atoms with Gasteiger partial charge >= 0.3 is 0 Å². The van der Waals surface area contributed by atoms with Gasteiger partial charge in [0.25, 0.3) is 5.91 Å². The Kier molecular flexibility index (Phi) is 6.34. The predicted molar refractivity (Wildman–Crippen MR) is 113 cm³/mol. The van der Waals surface area contributed by atoms with Crippen molar-refractivity contribution < 1.29 is 22.7 Å². The van der Waals surface area contributed by atoms with E-state index in [9.17, 15) is 13.2 Å². The number of ether oxygens (including phenoxy) is 2. The van der Waals surface area contributed by atoms with E-state index in [0.717, 1.165) is 5.56 Å². The molecule has 0 spiro atoms. The molecule has 1 heterocycles. The molecular weight excluding hydrogens is 404 g/mol. The zero-order valence-electron chi connectivity index (χ0n) is 16.9. The third-order valence-electron chi connectivity index (χ3n) is 4.79. The number of hydrogen-bond donors (Lipinski definition) is 2. The molecule has 0 fully saturated rings. The van der Waals surface area contributed by atoms with Gasteiger partial charge in [0.2, 0.25) is 10.0 Å². The second-order valence-corrected chi connectivity index (χ2v) is 9.25. The first-order valence-electron chi connectivity index (χ1n) is 9.44. The van der Waals surface area contributed by atoms with Gasteiger partial charge in [0.1, 0.15) is 13.2 Å². The van der Waals surface area contributed by atoms with E-state index >= 15 is 0 Å². The normalized spacial score (nSPS) is 13.4. The second kappa shape index (κ2) is 8.78. The van der Waals surface area contributed by atoms with Crippen molar-refractivity contribution in [2.24, 2.45) is 0 Å². The molecule has 0 unspecified atom stereocenters. The highest BCUT2D eigenvalue weighted by molar-refractivity contribution is 7.89. The van der Waals surface area contributed by atoms with Gasteiger partial charge in [0.05, 0.1) is 11.4 Å². The van der Waals surface area contributed by atoms with Crippen LogP contribution < -0.4 is 19.5 Å². The minimum absolute atomic E-state index is 0.0171. The van der Waals surface area contributed by atoms with Crippen molar-refractivity contribution in [2.75, 3.05) is 26.3 Å². The number of amides is 1. The van der Waals surface area contributed by atoms with Gasteiger partial charge in [-0.1, -0.05) is 31.9 Å². The summed E-state index contributed by atoms with van der Waals surface area (Å²) in [7, 11) is -3.77. The van der Waals surface area contributed by atoms with Crippen LogP contribution in [0, 0.1) is 12.3 Å². The summed E-state index contributed by atoms with van der Waals surface area (Å²) in [6.07, 6.45) is 5.10. The monoisotopic (exact) mass is 428 g/mol. The largest absolute Gasteiger partial charge is 0.486 e. The van der Waals surface area contributed by atoms with Crippen LogP contribution in [0.4, 0.5) is 0 Å². The van der Waals surface area contributed by atoms with E-state index in [1.165, 1.54) is 18.2 Å². The number of terminal acetylenes is 1. The van der Waals surface area contributed by atoms with Gasteiger partial charge in [-0.25, -0.2) is 8.42 Å². The van der Waals surface area contributed by atoms with E-state index in [2.05, 4.69) is 16.0 Å². The molecule has 2 aromatic carbocycles. The number of carbonyl (C=O) groups excluding carboxylic acids is 1. The molecule has 0 saturated carbocycles. The van der Waals surface area contributed by atoms with Crippen molar-refractivity contribution in [1.82, 2.24) is 10.0 Å². The van der Waals surface area contributed by atoms with Gasteiger partial charge in [0, 0.05) is 17.5 Å². The van der Waals surface area contributed by atoms with Crippen LogP contribution in [-0.4, -0.2) is 40.6 Å². The molecule has 158 valence electrons. The highest BCUT2D eigenvalue weighted by Gasteiger charge is 2.25. The lowest BCUT2D eigenvalue weighted by molar-refractivity contribution is 0.0945. The van der Waals surface area contributed by atoms with Crippen molar-refractivity contribution in [3.05, 3.63) is 53.6 Å². The van der Waals surface area contributed by atoms with Crippen molar-refractivity contribution in [3.63, 3.8) is 0 Å². The number of nitrogens with one attached hydrogen (secondary N) is 2. The van der Waals surface area contributed by atoms with Gasteiger partial charge < -0.3 is 14.8 Å². The first-order chi connectivity index (χ1) is 14.2. The summed E-state index contributed by atoms with van der Waals surface area (Å²) in [5, 5.41) is 2.88. The fourth-order valence-corrected chi connectivity index (χ4v) is 3.97. The average Bonchev–Trinajstić information content (AvgIpc) is 2.76. The molecule has 2 N–H and O–H groups in total. The van der Waals surface area contributed by atoms with Crippen molar-refractivity contribution >= 4 is 15.9 Å². The standard InChI is InChI=1S/C22H24N2O5S/c1-4-10-24-30(26,27)18-7-5-6-16(13-18)21(25)23-15-22(2,3)17-8-9-19-20(14-17)29-12-11-28-19/h1,5-9,13-14,24H,10-12,15H2,2-3H3,(H,23,25). The summed E-state index contributed by atoms with van der Waals surface area (Å²) >= 11 is 0. The van der Waals surface area contributed by atoms with Crippen molar-refractivity contribution in [1.29, 1.82) is 0 Å². The predicted octanol–water partition coefficient (Wildman–Crippen LogP) is 2.08. The molecule has 8 heteroatoms. The Morgan fingerprint density at radius 3 is 2.60 bits per heavy atom. The van der Waals surface area contributed by atoms with Crippen LogP contribution in [-0.2, 0) is 15.4 Å². The first-order valence-corrected chi connectivity index (χ1v) is 10.9. The van der Waals surface area contributed by atoms with Crippen LogP contribution in [0.25, 0.3) is 0 Å². The van der Waals surface area contributed by atoms with Gasteiger partial charge in [-0.3, -0.25) is 4.79 Å². The van der Waals surface area contributed by atoms with Crippen LogP contribution in [0.5, 0.6) is 11.5 Å². The van der Waals surface area contributed by atoms with E-state index in [-0.39, 0.29) is 28.3 Å². The minimum atomic E-state index is -3.77. The maximum absolute atomic E-state index is 12.6. The number of sulfonamides is 1. The Hall–Kier alpha value is -3.02. The Bertz CT molecular complexity index is 1090.